The molecule has 2 aliphatic rings. The van der Waals surface area contributed by atoms with Crippen LogP contribution in [-0.2, 0) is 9.59 Å². The number of amides is 2. The summed E-state index contributed by atoms with van der Waals surface area (Å²) in [5.74, 6) is 1.21. The molecule has 3 N–H and O–H groups in total. The van der Waals surface area contributed by atoms with Crippen LogP contribution in [0.3, 0.4) is 0 Å². The summed E-state index contributed by atoms with van der Waals surface area (Å²) in [4.78, 5) is 24.5. The zero-order chi connectivity index (χ0) is 18.4. The molecule has 1 aliphatic carbocycles. The molecule has 5 nitrogen and oxygen atoms in total. The highest BCUT2D eigenvalue weighted by Crippen LogP contribution is 2.26. The highest BCUT2D eigenvalue weighted by molar-refractivity contribution is 7.99. The molecule has 0 radical (unpaired) electrons. The number of hydrogen-bond acceptors (Lipinski definition) is 4. The maximum Gasteiger partial charge on any atom is 0.227 e. The summed E-state index contributed by atoms with van der Waals surface area (Å²) in [7, 11) is 0. The molecule has 2 fully saturated rings. The second kappa shape index (κ2) is 9.37. The molecule has 1 aromatic carbocycles. The monoisotopic (exact) mass is 379 g/mol. The molecule has 1 saturated carbocycles. The molecule has 0 spiro atoms. The first-order valence-electron chi connectivity index (χ1n) is 9.33. The lowest BCUT2D eigenvalue weighted by Crippen LogP contribution is -2.39. The van der Waals surface area contributed by atoms with Gasteiger partial charge in [-0.3, -0.25) is 9.59 Å². The van der Waals surface area contributed by atoms with Gasteiger partial charge in [-0.2, -0.15) is 11.8 Å². The number of carbonyl (C=O) groups excluding carboxylic acids is 2. The standard InChI is InChI=1S/C19H26FN3O2S/c20-16-7-6-14(22-18(24)11-15-12-26-9-8-21-15)10-17(16)23-19(25)13-4-2-1-3-5-13/h6-7,10,13,15,21H,1-5,8-9,11-12H2,(H,22,24)(H,23,25). The minimum Gasteiger partial charge on any atom is -0.326 e. The van der Waals surface area contributed by atoms with Crippen LogP contribution in [0.4, 0.5) is 15.8 Å². The number of anilines is 2. The molecule has 1 aromatic rings. The van der Waals surface area contributed by atoms with Crippen molar-refractivity contribution in [1.82, 2.24) is 5.32 Å². The maximum absolute atomic E-state index is 14.1. The SMILES string of the molecule is O=C(CC1CSCCN1)Nc1ccc(F)c(NC(=O)C2CCCCC2)c1. The van der Waals surface area contributed by atoms with Crippen molar-refractivity contribution < 1.29 is 14.0 Å². The van der Waals surface area contributed by atoms with Gasteiger partial charge >= 0.3 is 0 Å². The Bertz CT molecular complexity index is 644. The van der Waals surface area contributed by atoms with Gasteiger partial charge in [0.25, 0.3) is 0 Å². The van der Waals surface area contributed by atoms with E-state index >= 15 is 0 Å². The zero-order valence-electron chi connectivity index (χ0n) is 14.9. The van der Waals surface area contributed by atoms with Gasteiger partial charge in [-0.1, -0.05) is 19.3 Å². The van der Waals surface area contributed by atoms with E-state index in [2.05, 4.69) is 16.0 Å². The van der Waals surface area contributed by atoms with E-state index in [1.807, 2.05) is 11.8 Å². The summed E-state index contributed by atoms with van der Waals surface area (Å²) in [6, 6.07) is 4.46. The molecule has 0 aromatic heterocycles. The third kappa shape index (κ3) is 5.45. The lowest BCUT2D eigenvalue weighted by molar-refractivity contribution is -0.120. The van der Waals surface area contributed by atoms with Gasteiger partial charge in [-0.05, 0) is 31.0 Å². The highest BCUT2D eigenvalue weighted by atomic mass is 32.2. The summed E-state index contributed by atoms with van der Waals surface area (Å²) in [6.07, 6.45) is 5.35. The lowest BCUT2D eigenvalue weighted by Gasteiger charge is -2.22. The van der Waals surface area contributed by atoms with Gasteiger partial charge in [0.1, 0.15) is 5.82 Å². The van der Waals surface area contributed by atoms with Gasteiger partial charge < -0.3 is 16.0 Å². The Morgan fingerprint density at radius 2 is 2.00 bits per heavy atom. The quantitative estimate of drug-likeness (QED) is 0.734. The number of benzene rings is 1. The van der Waals surface area contributed by atoms with Crippen molar-refractivity contribution in [2.75, 3.05) is 28.7 Å². The number of hydrogen-bond donors (Lipinski definition) is 3. The molecule has 3 rings (SSSR count). The lowest BCUT2D eigenvalue weighted by atomic mass is 9.88. The largest absolute Gasteiger partial charge is 0.326 e. The smallest absolute Gasteiger partial charge is 0.227 e. The first kappa shape index (κ1) is 19.2. The van der Waals surface area contributed by atoms with Crippen LogP contribution in [0, 0.1) is 11.7 Å². The Labute approximate surface area is 157 Å². The van der Waals surface area contributed by atoms with E-state index in [0.717, 1.165) is 50.2 Å². The van der Waals surface area contributed by atoms with Crippen molar-refractivity contribution >= 4 is 35.0 Å². The van der Waals surface area contributed by atoms with Crippen LogP contribution in [0.5, 0.6) is 0 Å². The number of carbonyl (C=O) groups is 2. The first-order valence-corrected chi connectivity index (χ1v) is 10.5. The van der Waals surface area contributed by atoms with Gasteiger partial charge in [0.15, 0.2) is 0 Å². The van der Waals surface area contributed by atoms with E-state index in [1.165, 1.54) is 18.2 Å². The molecular weight excluding hydrogens is 353 g/mol. The number of thioether (sulfide) groups is 1. The Hall–Kier alpha value is -1.60. The van der Waals surface area contributed by atoms with Crippen LogP contribution >= 0.6 is 11.8 Å². The fourth-order valence-electron chi connectivity index (χ4n) is 3.49. The molecule has 2 amide bonds. The van der Waals surface area contributed by atoms with E-state index in [4.69, 9.17) is 0 Å². The molecule has 1 aliphatic heterocycles. The average Bonchev–Trinajstić information content (AvgIpc) is 2.66. The van der Waals surface area contributed by atoms with Gasteiger partial charge in [0.2, 0.25) is 11.8 Å². The molecule has 1 atom stereocenters. The molecule has 26 heavy (non-hydrogen) atoms. The second-order valence-corrected chi connectivity index (χ2v) is 8.15. The summed E-state index contributed by atoms with van der Waals surface area (Å²) in [5, 5.41) is 8.82. The summed E-state index contributed by atoms with van der Waals surface area (Å²) >= 11 is 1.84. The normalized spacial score (nSPS) is 21.2. The Morgan fingerprint density at radius 1 is 1.19 bits per heavy atom. The van der Waals surface area contributed by atoms with E-state index in [1.54, 1.807) is 0 Å². The predicted octanol–water partition coefficient (Wildman–Crippen LogP) is 3.38. The number of nitrogens with one attached hydrogen (secondary N) is 3. The molecule has 1 unspecified atom stereocenters. The number of halogens is 1. The maximum atomic E-state index is 14.1. The minimum absolute atomic E-state index is 0.0451. The van der Waals surface area contributed by atoms with Crippen LogP contribution in [0.25, 0.3) is 0 Å². The highest BCUT2D eigenvalue weighted by Gasteiger charge is 2.22. The molecular formula is C19H26FN3O2S. The summed E-state index contributed by atoms with van der Waals surface area (Å²) < 4.78 is 14.1. The van der Waals surface area contributed by atoms with Crippen molar-refractivity contribution in [3.05, 3.63) is 24.0 Å². The van der Waals surface area contributed by atoms with Gasteiger partial charge in [0, 0.05) is 42.1 Å². The van der Waals surface area contributed by atoms with E-state index < -0.39 is 5.82 Å². The Kier molecular flexibility index (Phi) is 6.91. The van der Waals surface area contributed by atoms with Crippen molar-refractivity contribution in [2.24, 2.45) is 5.92 Å². The molecule has 1 saturated heterocycles. The Balaban J connectivity index is 1.57. The van der Waals surface area contributed by atoms with Gasteiger partial charge in [0.05, 0.1) is 5.69 Å². The third-order valence-electron chi connectivity index (χ3n) is 4.91. The molecule has 0 bridgehead atoms. The van der Waals surface area contributed by atoms with Gasteiger partial charge in [-0.25, -0.2) is 4.39 Å². The Morgan fingerprint density at radius 3 is 2.73 bits per heavy atom. The average molecular weight is 380 g/mol. The topological polar surface area (TPSA) is 70.2 Å². The molecule has 7 heteroatoms. The van der Waals surface area contributed by atoms with Crippen molar-refractivity contribution in [2.45, 2.75) is 44.6 Å². The van der Waals surface area contributed by atoms with Crippen LogP contribution in [0.1, 0.15) is 38.5 Å². The third-order valence-corrected chi connectivity index (χ3v) is 6.05. The summed E-state index contributed by atoms with van der Waals surface area (Å²) in [6.45, 7) is 0.913. The summed E-state index contributed by atoms with van der Waals surface area (Å²) in [5.41, 5.74) is 0.628. The number of rotatable bonds is 5. The fourth-order valence-corrected chi connectivity index (χ4v) is 4.43. The van der Waals surface area contributed by atoms with E-state index in [-0.39, 0.29) is 29.5 Å². The van der Waals surface area contributed by atoms with Crippen molar-refractivity contribution in [3.8, 4) is 0 Å². The van der Waals surface area contributed by atoms with Crippen molar-refractivity contribution in [1.29, 1.82) is 0 Å². The van der Waals surface area contributed by atoms with Gasteiger partial charge in [-0.15, -0.1) is 0 Å². The second-order valence-electron chi connectivity index (χ2n) is 7.00. The first-order chi connectivity index (χ1) is 12.6. The molecule has 1 heterocycles. The fraction of sp³-hybridized carbons (Fsp3) is 0.579. The van der Waals surface area contributed by atoms with Crippen LogP contribution in [0.2, 0.25) is 0 Å². The van der Waals surface area contributed by atoms with Crippen LogP contribution < -0.4 is 16.0 Å². The van der Waals surface area contributed by atoms with E-state index in [9.17, 15) is 14.0 Å². The molecule has 142 valence electrons. The van der Waals surface area contributed by atoms with Crippen LogP contribution in [-0.4, -0.2) is 35.9 Å². The zero-order valence-corrected chi connectivity index (χ0v) is 15.7. The predicted molar refractivity (Wildman–Crippen MR) is 104 cm³/mol. The van der Waals surface area contributed by atoms with Crippen molar-refractivity contribution in [3.63, 3.8) is 0 Å². The van der Waals surface area contributed by atoms with E-state index in [0.29, 0.717) is 12.1 Å². The van der Waals surface area contributed by atoms with Crippen LogP contribution in [0.15, 0.2) is 18.2 Å². The minimum atomic E-state index is -0.488.